The van der Waals surface area contributed by atoms with Crippen molar-refractivity contribution in [3.8, 4) is 11.5 Å². The first-order valence-corrected chi connectivity index (χ1v) is 6.61. The summed E-state index contributed by atoms with van der Waals surface area (Å²) in [6.07, 6.45) is 1.60. The van der Waals surface area contributed by atoms with Crippen molar-refractivity contribution in [3.63, 3.8) is 0 Å². The van der Waals surface area contributed by atoms with Crippen molar-refractivity contribution in [2.75, 3.05) is 7.11 Å². The number of aliphatic hydroxyl groups is 1. The van der Waals surface area contributed by atoms with Crippen molar-refractivity contribution in [3.05, 3.63) is 41.2 Å². The second kappa shape index (κ2) is 4.83. The van der Waals surface area contributed by atoms with Crippen molar-refractivity contribution in [1.82, 2.24) is 9.78 Å². The van der Waals surface area contributed by atoms with Crippen LogP contribution < -0.4 is 9.47 Å². The number of aryl methyl sites for hydroxylation is 1. The zero-order valence-electron chi connectivity index (χ0n) is 11.8. The van der Waals surface area contributed by atoms with Crippen LogP contribution in [0.3, 0.4) is 0 Å². The number of aliphatic hydroxyl groups excluding tert-OH is 1. The average molecular weight is 274 g/mol. The first-order chi connectivity index (χ1) is 9.60. The Hall–Kier alpha value is -2.01. The third kappa shape index (κ3) is 2.04. The first-order valence-electron chi connectivity index (χ1n) is 6.61. The summed E-state index contributed by atoms with van der Waals surface area (Å²) in [6.45, 7) is 2.00. The number of fused-ring (bicyclic) bond motifs is 1. The molecule has 0 radical (unpaired) electrons. The molecule has 0 fully saturated rings. The molecule has 2 atom stereocenters. The fraction of sp³-hybridized carbons (Fsp3) is 0.400. The molecule has 1 unspecified atom stereocenters. The second-order valence-electron chi connectivity index (χ2n) is 5.07. The van der Waals surface area contributed by atoms with Crippen LogP contribution in [0, 0.1) is 6.92 Å². The van der Waals surface area contributed by atoms with E-state index in [2.05, 4.69) is 5.10 Å². The number of benzene rings is 1. The Morgan fingerprint density at radius 2 is 2.20 bits per heavy atom. The van der Waals surface area contributed by atoms with E-state index in [9.17, 15) is 5.11 Å². The van der Waals surface area contributed by atoms with Crippen LogP contribution in [0.15, 0.2) is 24.4 Å². The standard InChI is InChI=1S/C15H18N2O3/c1-9-12(8-16-17(9)2)15-7-13(18)11-6-10(19-3)4-5-14(11)20-15/h4-6,8,13,15,18H,7H2,1-3H3/t13-,15?/m0/s1. The van der Waals surface area contributed by atoms with E-state index in [0.717, 1.165) is 22.6 Å². The van der Waals surface area contributed by atoms with Gasteiger partial charge in [-0.1, -0.05) is 0 Å². The van der Waals surface area contributed by atoms with Crippen LogP contribution in [0.2, 0.25) is 0 Å². The highest BCUT2D eigenvalue weighted by molar-refractivity contribution is 5.43. The van der Waals surface area contributed by atoms with Crippen LogP contribution in [-0.2, 0) is 7.05 Å². The minimum absolute atomic E-state index is 0.167. The van der Waals surface area contributed by atoms with Gasteiger partial charge in [0.05, 0.1) is 19.4 Å². The maximum Gasteiger partial charge on any atom is 0.130 e. The minimum atomic E-state index is -0.557. The zero-order chi connectivity index (χ0) is 14.3. The largest absolute Gasteiger partial charge is 0.497 e. The van der Waals surface area contributed by atoms with E-state index in [0.29, 0.717) is 12.2 Å². The Morgan fingerprint density at radius 1 is 1.40 bits per heavy atom. The molecule has 1 N–H and O–H groups in total. The average Bonchev–Trinajstić information content (AvgIpc) is 2.78. The molecule has 3 rings (SSSR count). The van der Waals surface area contributed by atoms with Crippen molar-refractivity contribution in [2.24, 2.45) is 7.05 Å². The molecule has 0 saturated carbocycles. The van der Waals surface area contributed by atoms with Crippen LogP contribution in [0.25, 0.3) is 0 Å². The number of aromatic nitrogens is 2. The fourth-order valence-electron chi connectivity index (χ4n) is 2.57. The summed E-state index contributed by atoms with van der Waals surface area (Å²) in [5, 5.41) is 14.6. The molecular weight excluding hydrogens is 256 g/mol. The highest BCUT2D eigenvalue weighted by atomic mass is 16.5. The van der Waals surface area contributed by atoms with Gasteiger partial charge in [0, 0.05) is 30.3 Å². The lowest BCUT2D eigenvalue weighted by atomic mass is 9.95. The van der Waals surface area contributed by atoms with Gasteiger partial charge in [0.1, 0.15) is 17.6 Å². The van der Waals surface area contributed by atoms with E-state index >= 15 is 0 Å². The summed E-state index contributed by atoms with van der Waals surface area (Å²) in [6, 6.07) is 5.51. The molecule has 0 saturated heterocycles. The van der Waals surface area contributed by atoms with Gasteiger partial charge in [-0.15, -0.1) is 0 Å². The van der Waals surface area contributed by atoms with Gasteiger partial charge >= 0.3 is 0 Å². The number of methoxy groups -OCH3 is 1. The maximum absolute atomic E-state index is 10.3. The van der Waals surface area contributed by atoms with E-state index < -0.39 is 6.10 Å². The molecule has 5 heteroatoms. The van der Waals surface area contributed by atoms with E-state index in [1.54, 1.807) is 13.3 Å². The number of hydrogen-bond acceptors (Lipinski definition) is 4. The smallest absolute Gasteiger partial charge is 0.130 e. The summed E-state index contributed by atoms with van der Waals surface area (Å²) in [5.41, 5.74) is 2.86. The molecule has 0 bridgehead atoms. The third-order valence-corrected chi connectivity index (χ3v) is 3.90. The van der Waals surface area contributed by atoms with Gasteiger partial charge in [-0.25, -0.2) is 0 Å². The van der Waals surface area contributed by atoms with Gasteiger partial charge < -0.3 is 14.6 Å². The summed E-state index contributed by atoms with van der Waals surface area (Å²) < 4.78 is 13.0. The highest BCUT2D eigenvalue weighted by Crippen LogP contribution is 2.42. The van der Waals surface area contributed by atoms with Crippen LogP contribution >= 0.6 is 0 Å². The fourth-order valence-corrected chi connectivity index (χ4v) is 2.57. The molecule has 1 aliphatic rings. The van der Waals surface area contributed by atoms with E-state index in [1.807, 2.05) is 36.9 Å². The Bertz CT molecular complexity index is 636. The summed E-state index contributed by atoms with van der Waals surface area (Å²) in [7, 11) is 3.51. The Morgan fingerprint density at radius 3 is 2.85 bits per heavy atom. The highest BCUT2D eigenvalue weighted by Gasteiger charge is 2.30. The first kappa shape index (κ1) is 13.0. The Labute approximate surface area is 117 Å². The van der Waals surface area contributed by atoms with Gasteiger partial charge in [-0.3, -0.25) is 4.68 Å². The Balaban J connectivity index is 1.95. The monoisotopic (exact) mass is 274 g/mol. The van der Waals surface area contributed by atoms with Crippen molar-refractivity contribution in [2.45, 2.75) is 25.6 Å². The molecule has 0 aliphatic carbocycles. The van der Waals surface area contributed by atoms with Crippen molar-refractivity contribution >= 4 is 0 Å². The normalized spacial score (nSPS) is 21.2. The van der Waals surface area contributed by atoms with Crippen LogP contribution in [0.1, 0.15) is 35.4 Å². The lowest BCUT2D eigenvalue weighted by molar-refractivity contribution is 0.0651. The van der Waals surface area contributed by atoms with Gasteiger partial charge in [0.25, 0.3) is 0 Å². The molecule has 5 nitrogen and oxygen atoms in total. The third-order valence-electron chi connectivity index (χ3n) is 3.90. The maximum atomic E-state index is 10.3. The van der Waals surface area contributed by atoms with Gasteiger partial charge in [-0.2, -0.15) is 5.10 Å². The lowest BCUT2D eigenvalue weighted by Gasteiger charge is -2.29. The number of ether oxygens (including phenoxy) is 2. The molecule has 1 aliphatic heterocycles. The topological polar surface area (TPSA) is 56.5 Å². The van der Waals surface area contributed by atoms with Gasteiger partial charge in [0.2, 0.25) is 0 Å². The van der Waals surface area contributed by atoms with Gasteiger partial charge in [0.15, 0.2) is 0 Å². The molecule has 2 heterocycles. The number of rotatable bonds is 2. The lowest BCUT2D eigenvalue weighted by Crippen LogP contribution is -2.19. The van der Waals surface area contributed by atoms with Crippen LogP contribution in [0.5, 0.6) is 11.5 Å². The number of hydrogen-bond donors (Lipinski definition) is 1. The minimum Gasteiger partial charge on any atom is -0.497 e. The van der Waals surface area contributed by atoms with E-state index in [4.69, 9.17) is 9.47 Å². The SMILES string of the molecule is COc1ccc2c(c1)[C@@H](O)CC(c1cnn(C)c1C)O2. The van der Waals surface area contributed by atoms with Crippen LogP contribution in [0.4, 0.5) is 0 Å². The van der Waals surface area contributed by atoms with Crippen LogP contribution in [-0.4, -0.2) is 22.0 Å². The predicted octanol–water partition coefficient (Wildman–Crippen LogP) is 2.29. The molecule has 106 valence electrons. The quantitative estimate of drug-likeness (QED) is 0.913. The van der Waals surface area contributed by atoms with Crippen molar-refractivity contribution in [1.29, 1.82) is 0 Å². The molecule has 1 aromatic heterocycles. The second-order valence-corrected chi connectivity index (χ2v) is 5.07. The summed E-state index contributed by atoms with van der Waals surface area (Å²) in [5.74, 6) is 1.43. The molecule has 20 heavy (non-hydrogen) atoms. The predicted molar refractivity (Wildman–Crippen MR) is 73.9 cm³/mol. The Kier molecular flexibility index (Phi) is 3.14. The summed E-state index contributed by atoms with van der Waals surface area (Å²) in [4.78, 5) is 0. The van der Waals surface area contributed by atoms with E-state index in [-0.39, 0.29) is 6.10 Å². The molecule has 0 amide bonds. The number of nitrogens with zero attached hydrogens (tertiary/aromatic N) is 2. The molecule has 0 spiro atoms. The zero-order valence-corrected chi connectivity index (χ0v) is 11.8. The summed E-state index contributed by atoms with van der Waals surface area (Å²) >= 11 is 0. The molecule has 1 aromatic carbocycles. The molecule has 2 aromatic rings. The molecular formula is C15H18N2O3. The van der Waals surface area contributed by atoms with E-state index in [1.165, 1.54) is 0 Å². The van der Waals surface area contributed by atoms with Crippen molar-refractivity contribution < 1.29 is 14.6 Å². The van der Waals surface area contributed by atoms with Gasteiger partial charge in [-0.05, 0) is 25.1 Å².